The Kier molecular flexibility index (Phi) is 5.10. The highest BCUT2D eigenvalue weighted by atomic mass is 32.2. The van der Waals surface area contributed by atoms with Crippen LogP contribution < -0.4 is 0 Å². The fourth-order valence-electron chi connectivity index (χ4n) is 2.30. The topological polar surface area (TPSA) is 73.7 Å². The Bertz CT molecular complexity index is 507. The van der Waals surface area contributed by atoms with E-state index in [1.54, 1.807) is 12.6 Å². The Hall–Kier alpha value is -1.28. The van der Waals surface area contributed by atoms with E-state index >= 15 is 0 Å². The average Bonchev–Trinajstić information content (AvgIpc) is 3.05. The van der Waals surface area contributed by atoms with Crippen LogP contribution in [0.1, 0.15) is 19.5 Å². The molecule has 21 heavy (non-hydrogen) atoms. The molecule has 1 aromatic rings. The number of carboxylic acids is 1. The SMILES string of the molecule is CC(C)C1SCC(C(=O)O)N1C(=O)N(C)Cc1cscn1. The maximum Gasteiger partial charge on any atom is 0.327 e. The molecule has 0 saturated carbocycles. The molecule has 1 N–H and O–H groups in total. The maximum atomic E-state index is 12.7. The smallest absolute Gasteiger partial charge is 0.327 e. The van der Waals surface area contributed by atoms with Crippen molar-refractivity contribution >= 4 is 35.1 Å². The Labute approximate surface area is 132 Å². The first kappa shape index (κ1) is 16.1. The van der Waals surface area contributed by atoms with Crippen molar-refractivity contribution in [3.8, 4) is 0 Å². The van der Waals surface area contributed by atoms with E-state index in [-0.39, 0.29) is 17.3 Å². The molecule has 1 aromatic heterocycles. The van der Waals surface area contributed by atoms with Gasteiger partial charge in [0, 0.05) is 18.2 Å². The Balaban J connectivity index is 2.14. The van der Waals surface area contributed by atoms with E-state index in [1.165, 1.54) is 32.9 Å². The zero-order valence-corrected chi connectivity index (χ0v) is 13.9. The quantitative estimate of drug-likeness (QED) is 0.916. The molecule has 0 aliphatic carbocycles. The summed E-state index contributed by atoms with van der Waals surface area (Å²) in [6, 6.07) is -1.01. The number of carboxylic acid groups (broad SMARTS) is 1. The number of carbonyl (C=O) groups excluding carboxylic acids is 1. The van der Waals surface area contributed by atoms with E-state index in [0.29, 0.717) is 12.3 Å². The second-order valence-corrected chi connectivity index (χ2v) is 7.22. The minimum Gasteiger partial charge on any atom is -0.480 e. The van der Waals surface area contributed by atoms with Crippen molar-refractivity contribution in [2.24, 2.45) is 5.92 Å². The number of hydrogen-bond donors (Lipinski definition) is 1. The number of amides is 2. The van der Waals surface area contributed by atoms with Crippen molar-refractivity contribution in [3.05, 3.63) is 16.6 Å². The fraction of sp³-hybridized carbons (Fsp3) is 0.615. The van der Waals surface area contributed by atoms with Crippen LogP contribution >= 0.6 is 23.1 Å². The van der Waals surface area contributed by atoms with Crippen LogP contribution in [0.25, 0.3) is 0 Å². The van der Waals surface area contributed by atoms with Crippen molar-refractivity contribution < 1.29 is 14.7 Å². The first-order valence-corrected chi connectivity index (χ1v) is 8.66. The number of urea groups is 1. The highest BCUT2D eigenvalue weighted by molar-refractivity contribution is 8.00. The van der Waals surface area contributed by atoms with Crippen molar-refractivity contribution in [3.63, 3.8) is 0 Å². The summed E-state index contributed by atoms with van der Waals surface area (Å²) in [6.07, 6.45) is 0. The standard InChI is InChI=1S/C13H19N3O3S2/c1-8(2)11-16(10(6-21-11)12(17)18)13(19)15(3)4-9-5-20-7-14-9/h5,7-8,10-11H,4,6H2,1-3H3,(H,17,18). The van der Waals surface area contributed by atoms with Gasteiger partial charge in [0.1, 0.15) is 6.04 Å². The third kappa shape index (κ3) is 3.49. The van der Waals surface area contributed by atoms with Gasteiger partial charge in [-0.15, -0.1) is 23.1 Å². The monoisotopic (exact) mass is 329 g/mol. The zero-order valence-electron chi connectivity index (χ0n) is 12.2. The van der Waals surface area contributed by atoms with Crippen LogP contribution in [-0.2, 0) is 11.3 Å². The van der Waals surface area contributed by atoms with Crippen LogP contribution in [0.15, 0.2) is 10.9 Å². The van der Waals surface area contributed by atoms with Gasteiger partial charge in [-0.2, -0.15) is 0 Å². The molecule has 6 nitrogen and oxygen atoms in total. The van der Waals surface area contributed by atoms with Crippen molar-refractivity contribution in [1.29, 1.82) is 0 Å². The average molecular weight is 329 g/mol. The minimum atomic E-state index is -0.943. The van der Waals surface area contributed by atoms with Gasteiger partial charge in [-0.1, -0.05) is 13.8 Å². The van der Waals surface area contributed by atoms with Crippen molar-refractivity contribution in [2.75, 3.05) is 12.8 Å². The predicted octanol–water partition coefficient (Wildman–Crippen LogP) is 2.18. The summed E-state index contributed by atoms with van der Waals surface area (Å²) in [7, 11) is 1.68. The number of hydrogen-bond acceptors (Lipinski definition) is 5. The number of aromatic nitrogens is 1. The summed E-state index contributed by atoms with van der Waals surface area (Å²) in [4.78, 5) is 31.2. The van der Waals surface area contributed by atoms with E-state index in [1.807, 2.05) is 19.2 Å². The normalized spacial score (nSPS) is 21.8. The Morgan fingerprint density at radius 1 is 1.57 bits per heavy atom. The Morgan fingerprint density at radius 3 is 2.81 bits per heavy atom. The molecular weight excluding hydrogens is 310 g/mol. The molecule has 1 aliphatic rings. The lowest BCUT2D eigenvalue weighted by Gasteiger charge is -2.33. The molecule has 0 bridgehead atoms. The zero-order chi connectivity index (χ0) is 15.6. The number of rotatable bonds is 4. The molecule has 2 atom stereocenters. The van der Waals surface area contributed by atoms with Gasteiger partial charge in [-0.05, 0) is 5.92 Å². The molecule has 0 aromatic carbocycles. The van der Waals surface area contributed by atoms with Gasteiger partial charge < -0.3 is 10.0 Å². The highest BCUT2D eigenvalue weighted by Crippen LogP contribution is 2.34. The van der Waals surface area contributed by atoms with Crippen LogP contribution in [0.5, 0.6) is 0 Å². The fourth-order valence-corrected chi connectivity index (χ4v) is 4.31. The summed E-state index contributed by atoms with van der Waals surface area (Å²) in [5, 5.41) is 11.1. The summed E-state index contributed by atoms with van der Waals surface area (Å²) in [6.45, 7) is 4.39. The number of carbonyl (C=O) groups is 2. The van der Waals surface area contributed by atoms with Crippen molar-refractivity contribution in [2.45, 2.75) is 31.8 Å². The van der Waals surface area contributed by atoms with Gasteiger partial charge in [-0.3, -0.25) is 4.90 Å². The first-order valence-electron chi connectivity index (χ1n) is 6.66. The van der Waals surface area contributed by atoms with Gasteiger partial charge in [0.15, 0.2) is 0 Å². The largest absolute Gasteiger partial charge is 0.480 e. The lowest BCUT2D eigenvalue weighted by Crippen LogP contribution is -2.51. The van der Waals surface area contributed by atoms with E-state index in [4.69, 9.17) is 0 Å². The minimum absolute atomic E-state index is 0.100. The molecule has 0 spiro atoms. The molecule has 2 rings (SSSR count). The van der Waals surface area contributed by atoms with Gasteiger partial charge >= 0.3 is 12.0 Å². The van der Waals surface area contributed by atoms with E-state index < -0.39 is 12.0 Å². The van der Waals surface area contributed by atoms with E-state index in [0.717, 1.165) is 5.69 Å². The first-order chi connectivity index (χ1) is 9.91. The molecule has 1 fully saturated rings. The van der Waals surface area contributed by atoms with Crippen LogP contribution in [0.3, 0.4) is 0 Å². The molecule has 2 amide bonds. The number of thiazole rings is 1. The third-order valence-corrected chi connectivity index (χ3v) is 5.58. The summed E-state index contributed by atoms with van der Waals surface area (Å²) in [5.74, 6) is -0.300. The molecule has 2 heterocycles. The van der Waals surface area contributed by atoms with Gasteiger partial charge in [0.2, 0.25) is 0 Å². The molecular formula is C13H19N3O3S2. The molecule has 1 saturated heterocycles. The van der Waals surface area contributed by atoms with Crippen molar-refractivity contribution in [1.82, 2.24) is 14.8 Å². The lowest BCUT2D eigenvalue weighted by molar-refractivity contribution is -0.141. The molecule has 116 valence electrons. The Morgan fingerprint density at radius 2 is 2.29 bits per heavy atom. The van der Waals surface area contributed by atoms with Gasteiger partial charge in [-0.25, -0.2) is 14.6 Å². The number of nitrogens with zero attached hydrogens (tertiary/aromatic N) is 3. The second-order valence-electron chi connectivity index (χ2n) is 5.35. The molecule has 0 radical (unpaired) electrons. The van der Waals surface area contributed by atoms with Gasteiger partial charge in [0.25, 0.3) is 0 Å². The highest BCUT2D eigenvalue weighted by Gasteiger charge is 2.43. The third-order valence-electron chi connectivity index (χ3n) is 3.32. The maximum absolute atomic E-state index is 12.7. The lowest BCUT2D eigenvalue weighted by atomic mass is 10.1. The summed E-state index contributed by atoms with van der Waals surface area (Å²) >= 11 is 3.01. The second kappa shape index (κ2) is 6.65. The van der Waals surface area contributed by atoms with Crippen LogP contribution in [0.4, 0.5) is 4.79 Å². The number of thioether (sulfide) groups is 1. The van der Waals surface area contributed by atoms with Crippen LogP contribution in [0.2, 0.25) is 0 Å². The molecule has 2 unspecified atom stereocenters. The molecule has 1 aliphatic heterocycles. The van der Waals surface area contributed by atoms with E-state index in [2.05, 4.69) is 4.98 Å². The summed E-state index contributed by atoms with van der Waals surface area (Å²) in [5.41, 5.74) is 2.53. The van der Waals surface area contributed by atoms with Crippen LogP contribution in [0, 0.1) is 5.92 Å². The van der Waals surface area contributed by atoms with Crippen LogP contribution in [-0.4, -0.2) is 56.1 Å². The predicted molar refractivity (Wildman–Crippen MR) is 83.3 cm³/mol. The number of aliphatic carboxylic acids is 1. The van der Waals surface area contributed by atoms with Gasteiger partial charge in [0.05, 0.1) is 23.1 Å². The molecule has 8 heteroatoms. The summed E-state index contributed by atoms with van der Waals surface area (Å²) < 4.78 is 0. The van der Waals surface area contributed by atoms with E-state index in [9.17, 15) is 14.7 Å².